The molecule has 12 heavy (non-hydrogen) atoms. The molecule has 0 saturated carbocycles. The number of ether oxygens (including phenoxy) is 1. The van der Waals surface area contributed by atoms with Crippen molar-refractivity contribution in [3.8, 4) is 0 Å². The van der Waals surface area contributed by atoms with Crippen molar-refractivity contribution >= 4 is 22.6 Å². The molecule has 1 aromatic carbocycles. The average molecular weight is 274 g/mol. The molecule has 1 saturated heterocycles. The lowest BCUT2D eigenvalue weighted by Crippen LogP contribution is -2.09. The third-order valence-electron chi connectivity index (χ3n) is 2.04. The van der Waals surface area contributed by atoms with E-state index in [2.05, 4.69) is 52.9 Å². The van der Waals surface area contributed by atoms with Crippen molar-refractivity contribution in [2.45, 2.75) is 16.4 Å². The minimum Gasteiger partial charge on any atom is -0.372 e. The Kier molecular flexibility index (Phi) is 2.66. The van der Waals surface area contributed by atoms with Gasteiger partial charge in [-0.3, -0.25) is 0 Å². The predicted molar refractivity (Wildman–Crippen MR) is 57.7 cm³/mol. The minimum atomic E-state index is 0.519. The molecule has 64 valence electrons. The van der Waals surface area contributed by atoms with Crippen LogP contribution in [0, 0.1) is 0 Å². The highest BCUT2D eigenvalue weighted by Gasteiger charge is 2.30. The third-order valence-corrected chi connectivity index (χ3v) is 3.28. The Morgan fingerprint density at radius 3 is 2.67 bits per heavy atom. The summed E-state index contributed by atoms with van der Waals surface area (Å²) in [6.45, 7) is 0.959. The number of rotatable bonds is 3. The van der Waals surface area contributed by atoms with Crippen LogP contribution < -0.4 is 0 Å². The maximum absolute atomic E-state index is 5.23. The van der Waals surface area contributed by atoms with Crippen LogP contribution in [0.5, 0.6) is 0 Å². The van der Waals surface area contributed by atoms with Crippen LogP contribution in [0.15, 0.2) is 30.3 Å². The summed E-state index contributed by atoms with van der Waals surface area (Å²) in [4.78, 5) is 0. The smallest absolute Gasteiger partial charge is 0.0930 e. The summed E-state index contributed by atoms with van der Waals surface area (Å²) in [6.07, 6.45) is 1.65. The van der Waals surface area contributed by atoms with Crippen molar-refractivity contribution in [2.24, 2.45) is 0 Å². The van der Waals surface area contributed by atoms with E-state index in [1.807, 2.05) is 0 Å². The lowest BCUT2D eigenvalue weighted by molar-refractivity contribution is 0.406. The molecule has 1 heterocycles. The number of hydrogen-bond donors (Lipinski definition) is 0. The quantitative estimate of drug-likeness (QED) is 0.468. The fourth-order valence-corrected chi connectivity index (χ4v) is 2.16. The van der Waals surface area contributed by atoms with E-state index >= 15 is 0 Å². The van der Waals surface area contributed by atoms with Gasteiger partial charge in [0.05, 0.1) is 12.7 Å². The molecule has 1 aliphatic heterocycles. The summed E-state index contributed by atoms with van der Waals surface area (Å²) >= 11 is 2.47. The van der Waals surface area contributed by atoms with Gasteiger partial charge in [0.1, 0.15) is 0 Å². The Morgan fingerprint density at radius 2 is 2.08 bits per heavy atom. The van der Waals surface area contributed by atoms with Gasteiger partial charge in [-0.05, 0) is 12.0 Å². The number of hydrogen-bond acceptors (Lipinski definition) is 1. The van der Waals surface area contributed by atoms with Gasteiger partial charge in [-0.25, -0.2) is 0 Å². The molecule has 0 aromatic heterocycles. The van der Waals surface area contributed by atoms with E-state index in [0.29, 0.717) is 10.0 Å². The number of epoxide rings is 1. The monoisotopic (exact) mass is 274 g/mol. The maximum Gasteiger partial charge on any atom is 0.0930 e. The van der Waals surface area contributed by atoms with Crippen LogP contribution in [0.3, 0.4) is 0 Å². The first-order chi connectivity index (χ1) is 5.86. The van der Waals surface area contributed by atoms with Crippen LogP contribution >= 0.6 is 22.6 Å². The van der Waals surface area contributed by atoms with Gasteiger partial charge >= 0.3 is 0 Å². The third kappa shape index (κ3) is 2.20. The van der Waals surface area contributed by atoms with Crippen molar-refractivity contribution in [3.63, 3.8) is 0 Å². The Hall–Kier alpha value is -0.0900. The second-order valence-corrected chi connectivity index (χ2v) is 4.68. The van der Waals surface area contributed by atoms with Crippen LogP contribution in [-0.4, -0.2) is 16.6 Å². The van der Waals surface area contributed by atoms with Gasteiger partial charge in [-0.2, -0.15) is 0 Å². The molecule has 0 amide bonds. The molecular weight excluding hydrogens is 263 g/mol. The SMILES string of the molecule is I[C@@H](Cc1ccccc1)[C@@H]1CO1. The Balaban J connectivity index is 1.94. The van der Waals surface area contributed by atoms with E-state index in [0.717, 1.165) is 13.0 Å². The van der Waals surface area contributed by atoms with Gasteiger partial charge in [-0.1, -0.05) is 52.9 Å². The lowest BCUT2D eigenvalue weighted by atomic mass is 10.1. The van der Waals surface area contributed by atoms with Crippen molar-refractivity contribution in [1.29, 1.82) is 0 Å². The largest absolute Gasteiger partial charge is 0.372 e. The molecule has 0 radical (unpaired) electrons. The second-order valence-electron chi connectivity index (χ2n) is 3.08. The molecule has 0 unspecified atom stereocenters. The summed E-state index contributed by atoms with van der Waals surface area (Å²) in [5, 5.41) is 0. The number of benzene rings is 1. The van der Waals surface area contributed by atoms with Crippen molar-refractivity contribution in [3.05, 3.63) is 35.9 Å². The molecule has 1 aromatic rings. The Bertz CT molecular complexity index is 243. The van der Waals surface area contributed by atoms with Crippen LogP contribution in [0.25, 0.3) is 0 Å². The van der Waals surface area contributed by atoms with Gasteiger partial charge in [-0.15, -0.1) is 0 Å². The molecule has 2 heteroatoms. The standard InChI is InChI=1S/C10H11IO/c11-9(10-7-12-10)6-8-4-2-1-3-5-8/h1-5,9-10H,6-7H2/t9-,10-/m0/s1. The number of alkyl halides is 1. The van der Waals surface area contributed by atoms with Gasteiger partial charge in [0.25, 0.3) is 0 Å². The Morgan fingerprint density at radius 1 is 1.42 bits per heavy atom. The lowest BCUT2D eigenvalue weighted by Gasteiger charge is -2.05. The van der Waals surface area contributed by atoms with E-state index in [9.17, 15) is 0 Å². The molecule has 1 aliphatic rings. The topological polar surface area (TPSA) is 12.5 Å². The van der Waals surface area contributed by atoms with Gasteiger partial charge < -0.3 is 4.74 Å². The van der Waals surface area contributed by atoms with Crippen LogP contribution in [0.2, 0.25) is 0 Å². The summed E-state index contributed by atoms with van der Waals surface area (Å²) in [6, 6.07) is 10.6. The van der Waals surface area contributed by atoms with E-state index in [1.165, 1.54) is 5.56 Å². The van der Waals surface area contributed by atoms with E-state index in [1.54, 1.807) is 0 Å². The zero-order chi connectivity index (χ0) is 8.39. The molecule has 0 spiro atoms. The summed E-state index contributed by atoms with van der Waals surface area (Å²) in [7, 11) is 0. The van der Waals surface area contributed by atoms with Gasteiger partial charge in [0.2, 0.25) is 0 Å². The zero-order valence-electron chi connectivity index (χ0n) is 6.74. The highest BCUT2D eigenvalue weighted by atomic mass is 127. The average Bonchev–Trinajstić information content (AvgIpc) is 2.88. The fraction of sp³-hybridized carbons (Fsp3) is 0.400. The molecule has 2 rings (SSSR count). The van der Waals surface area contributed by atoms with E-state index < -0.39 is 0 Å². The summed E-state index contributed by atoms with van der Waals surface area (Å²) in [5.74, 6) is 0. The van der Waals surface area contributed by atoms with E-state index in [-0.39, 0.29) is 0 Å². The Labute approximate surface area is 86.3 Å². The first-order valence-electron chi connectivity index (χ1n) is 4.16. The summed E-state index contributed by atoms with van der Waals surface area (Å²) in [5.41, 5.74) is 1.41. The van der Waals surface area contributed by atoms with Crippen LogP contribution in [-0.2, 0) is 11.2 Å². The van der Waals surface area contributed by atoms with Crippen LogP contribution in [0.1, 0.15) is 5.56 Å². The van der Waals surface area contributed by atoms with E-state index in [4.69, 9.17) is 4.74 Å². The normalized spacial score (nSPS) is 23.6. The first-order valence-corrected chi connectivity index (χ1v) is 5.40. The highest BCUT2D eigenvalue weighted by Crippen LogP contribution is 2.24. The van der Waals surface area contributed by atoms with Gasteiger partial charge in [0, 0.05) is 3.92 Å². The van der Waals surface area contributed by atoms with Crippen molar-refractivity contribution in [1.82, 2.24) is 0 Å². The van der Waals surface area contributed by atoms with Crippen molar-refractivity contribution in [2.75, 3.05) is 6.61 Å². The highest BCUT2D eigenvalue weighted by molar-refractivity contribution is 14.1. The minimum absolute atomic E-state index is 0.519. The molecular formula is C10H11IO. The predicted octanol–water partition coefficient (Wildman–Crippen LogP) is 2.43. The number of halogens is 1. The second kappa shape index (κ2) is 3.75. The molecule has 2 atom stereocenters. The first kappa shape index (κ1) is 8.51. The molecule has 1 nitrogen and oxygen atoms in total. The zero-order valence-corrected chi connectivity index (χ0v) is 8.90. The molecule has 1 fully saturated rings. The molecule has 0 bridgehead atoms. The summed E-state index contributed by atoms with van der Waals surface area (Å²) < 4.78 is 5.88. The van der Waals surface area contributed by atoms with Gasteiger partial charge in [0.15, 0.2) is 0 Å². The molecule has 0 N–H and O–H groups in total. The van der Waals surface area contributed by atoms with Crippen molar-refractivity contribution < 1.29 is 4.74 Å². The fourth-order valence-electron chi connectivity index (χ4n) is 1.24. The maximum atomic E-state index is 5.23. The van der Waals surface area contributed by atoms with Crippen LogP contribution in [0.4, 0.5) is 0 Å². The molecule has 0 aliphatic carbocycles.